The number of halogens is 7. The molecule has 0 bridgehead atoms. The Labute approximate surface area is 85.4 Å². The van der Waals surface area contributed by atoms with E-state index in [9.17, 15) is 35.5 Å². The van der Waals surface area contributed by atoms with Gasteiger partial charge in [0.05, 0.1) is 0 Å². The number of hydrogen-bond acceptors (Lipinski definition) is 2. The zero-order chi connectivity index (χ0) is 13.1. The van der Waals surface area contributed by atoms with Gasteiger partial charge in [-0.15, -0.1) is 0 Å². The molecule has 0 aromatic heterocycles. The van der Waals surface area contributed by atoms with Gasteiger partial charge in [0, 0.05) is 6.92 Å². The summed E-state index contributed by atoms with van der Waals surface area (Å²) < 4.78 is 88.0. The molecule has 0 radical (unpaired) electrons. The third-order valence-electron chi connectivity index (χ3n) is 1.42. The summed E-state index contributed by atoms with van der Waals surface area (Å²) in [5, 5.41) is 0. The standard InChI is InChI=1S/C7H7F7O2/c1-3(8)16-4(15)2-6(11,12)7(13,14)5(9)10/h3,5H,2H2,1H3. The molecule has 0 spiro atoms. The van der Waals surface area contributed by atoms with Crippen LogP contribution in [0.3, 0.4) is 0 Å². The highest BCUT2D eigenvalue weighted by molar-refractivity contribution is 5.70. The van der Waals surface area contributed by atoms with E-state index in [-0.39, 0.29) is 0 Å². The van der Waals surface area contributed by atoms with E-state index >= 15 is 0 Å². The maximum Gasteiger partial charge on any atom is 0.369 e. The van der Waals surface area contributed by atoms with Gasteiger partial charge in [0.25, 0.3) is 0 Å². The summed E-state index contributed by atoms with van der Waals surface area (Å²) in [4.78, 5) is 10.4. The van der Waals surface area contributed by atoms with Crippen molar-refractivity contribution in [1.82, 2.24) is 0 Å². The Morgan fingerprint density at radius 1 is 1.19 bits per heavy atom. The van der Waals surface area contributed by atoms with Crippen molar-refractivity contribution in [3.05, 3.63) is 0 Å². The molecule has 0 fully saturated rings. The number of rotatable bonds is 5. The minimum Gasteiger partial charge on any atom is -0.431 e. The molecule has 0 heterocycles. The Hall–Kier alpha value is -1.02. The molecule has 96 valence electrons. The molecule has 0 aromatic rings. The molecule has 0 amide bonds. The first-order valence-electron chi connectivity index (χ1n) is 3.88. The maximum atomic E-state index is 12.5. The van der Waals surface area contributed by atoms with E-state index in [2.05, 4.69) is 4.74 Å². The average molecular weight is 256 g/mol. The highest BCUT2D eigenvalue weighted by Crippen LogP contribution is 2.41. The van der Waals surface area contributed by atoms with Gasteiger partial charge in [-0.05, 0) is 0 Å². The average Bonchev–Trinajstić information content (AvgIpc) is 1.99. The number of hydrogen-bond donors (Lipinski definition) is 0. The van der Waals surface area contributed by atoms with Crippen LogP contribution in [0.4, 0.5) is 30.7 Å². The third-order valence-corrected chi connectivity index (χ3v) is 1.42. The fourth-order valence-electron chi connectivity index (χ4n) is 0.682. The van der Waals surface area contributed by atoms with Gasteiger partial charge in [-0.2, -0.15) is 17.6 Å². The minimum absolute atomic E-state index is 0.640. The van der Waals surface area contributed by atoms with Crippen LogP contribution >= 0.6 is 0 Å². The van der Waals surface area contributed by atoms with Gasteiger partial charge in [0.1, 0.15) is 6.42 Å². The second kappa shape index (κ2) is 4.88. The predicted octanol–water partition coefficient (Wildman–Crippen LogP) is 2.77. The Balaban J connectivity index is 4.62. The minimum atomic E-state index is -5.68. The van der Waals surface area contributed by atoms with Crippen LogP contribution < -0.4 is 0 Å². The van der Waals surface area contributed by atoms with E-state index in [0.29, 0.717) is 6.92 Å². The smallest absolute Gasteiger partial charge is 0.369 e. The van der Waals surface area contributed by atoms with Gasteiger partial charge in [-0.25, -0.2) is 13.2 Å². The molecular formula is C7H7F7O2. The van der Waals surface area contributed by atoms with E-state index in [4.69, 9.17) is 0 Å². The number of ether oxygens (including phenoxy) is 1. The van der Waals surface area contributed by atoms with Gasteiger partial charge in [-0.1, -0.05) is 0 Å². The normalized spacial score (nSPS) is 15.1. The predicted molar refractivity (Wildman–Crippen MR) is 37.2 cm³/mol. The lowest BCUT2D eigenvalue weighted by molar-refractivity contribution is -0.266. The maximum absolute atomic E-state index is 12.5. The van der Waals surface area contributed by atoms with Crippen molar-refractivity contribution in [3.8, 4) is 0 Å². The Morgan fingerprint density at radius 3 is 1.94 bits per heavy atom. The SMILES string of the molecule is CC(F)OC(=O)CC(F)(F)C(F)(F)C(F)F. The second-order valence-electron chi connectivity index (χ2n) is 2.84. The molecule has 2 nitrogen and oxygen atoms in total. The summed E-state index contributed by atoms with van der Waals surface area (Å²) in [7, 11) is 0. The monoisotopic (exact) mass is 256 g/mol. The van der Waals surface area contributed by atoms with Crippen molar-refractivity contribution in [1.29, 1.82) is 0 Å². The summed E-state index contributed by atoms with van der Waals surface area (Å²) >= 11 is 0. The Morgan fingerprint density at radius 2 is 1.62 bits per heavy atom. The zero-order valence-electron chi connectivity index (χ0n) is 7.82. The summed E-state index contributed by atoms with van der Waals surface area (Å²) in [6.07, 6.45) is -9.25. The van der Waals surface area contributed by atoms with Crippen molar-refractivity contribution >= 4 is 5.97 Å². The molecule has 0 aromatic carbocycles. The molecule has 9 heteroatoms. The van der Waals surface area contributed by atoms with E-state index in [1.54, 1.807) is 0 Å². The van der Waals surface area contributed by atoms with Gasteiger partial charge in [0.15, 0.2) is 0 Å². The number of esters is 1. The van der Waals surface area contributed by atoms with Crippen LogP contribution in [0, 0.1) is 0 Å². The zero-order valence-corrected chi connectivity index (χ0v) is 7.82. The molecule has 0 saturated heterocycles. The van der Waals surface area contributed by atoms with Crippen LogP contribution in [-0.2, 0) is 9.53 Å². The van der Waals surface area contributed by atoms with Crippen molar-refractivity contribution < 1.29 is 40.3 Å². The van der Waals surface area contributed by atoms with Crippen LogP contribution in [0.1, 0.15) is 13.3 Å². The van der Waals surface area contributed by atoms with Gasteiger partial charge in [-0.3, -0.25) is 4.79 Å². The lowest BCUT2D eigenvalue weighted by atomic mass is 10.1. The molecule has 1 unspecified atom stereocenters. The molecule has 16 heavy (non-hydrogen) atoms. The molecule has 0 aliphatic heterocycles. The van der Waals surface area contributed by atoms with E-state index < -0.39 is 37.0 Å². The number of alkyl halides is 7. The summed E-state index contributed by atoms with van der Waals surface area (Å²) in [6.45, 7) is 0.640. The molecule has 0 aliphatic rings. The van der Waals surface area contributed by atoms with E-state index in [0.717, 1.165) is 0 Å². The van der Waals surface area contributed by atoms with Crippen LogP contribution in [0.5, 0.6) is 0 Å². The van der Waals surface area contributed by atoms with Crippen LogP contribution in [0.25, 0.3) is 0 Å². The van der Waals surface area contributed by atoms with Crippen molar-refractivity contribution in [3.63, 3.8) is 0 Å². The second-order valence-corrected chi connectivity index (χ2v) is 2.84. The van der Waals surface area contributed by atoms with Gasteiger partial charge >= 0.3 is 24.2 Å². The topological polar surface area (TPSA) is 26.3 Å². The Bertz CT molecular complexity index is 251. The first-order valence-corrected chi connectivity index (χ1v) is 3.88. The van der Waals surface area contributed by atoms with Crippen LogP contribution in [0.15, 0.2) is 0 Å². The van der Waals surface area contributed by atoms with Crippen LogP contribution in [-0.4, -0.2) is 30.6 Å². The summed E-state index contributed by atoms with van der Waals surface area (Å²) in [6, 6.07) is 0. The van der Waals surface area contributed by atoms with Crippen molar-refractivity contribution in [2.75, 3.05) is 0 Å². The van der Waals surface area contributed by atoms with Gasteiger partial charge in [0.2, 0.25) is 6.36 Å². The fraction of sp³-hybridized carbons (Fsp3) is 0.857. The number of carbonyl (C=O) groups excluding carboxylic acids is 1. The molecule has 0 aliphatic carbocycles. The lowest BCUT2D eigenvalue weighted by Crippen LogP contribution is -2.47. The summed E-state index contributed by atoms with van der Waals surface area (Å²) in [5.41, 5.74) is 0. The summed E-state index contributed by atoms with van der Waals surface area (Å²) in [5.74, 6) is -13.0. The molecule has 0 N–H and O–H groups in total. The molecular weight excluding hydrogens is 249 g/mol. The quantitative estimate of drug-likeness (QED) is 0.558. The van der Waals surface area contributed by atoms with Crippen molar-refractivity contribution in [2.24, 2.45) is 0 Å². The highest BCUT2D eigenvalue weighted by atomic mass is 19.3. The largest absolute Gasteiger partial charge is 0.431 e. The van der Waals surface area contributed by atoms with Crippen LogP contribution in [0.2, 0.25) is 0 Å². The lowest BCUT2D eigenvalue weighted by Gasteiger charge is -2.24. The molecule has 1 atom stereocenters. The van der Waals surface area contributed by atoms with Crippen molar-refractivity contribution in [2.45, 2.75) is 38.0 Å². The molecule has 0 saturated carbocycles. The van der Waals surface area contributed by atoms with Gasteiger partial charge < -0.3 is 4.74 Å². The fourth-order valence-corrected chi connectivity index (χ4v) is 0.682. The third kappa shape index (κ3) is 3.53. The van der Waals surface area contributed by atoms with E-state index in [1.165, 1.54) is 0 Å². The first-order chi connectivity index (χ1) is 7.00. The number of carbonyl (C=O) groups is 1. The molecule has 0 rings (SSSR count). The Kier molecular flexibility index (Phi) is 4.56. The first kappa shape index (κ1) is 15.0. The van der Waals surface area contributed by atoms with E-state index in [1.807, 2.05) is 0 Å². The highest BCUT2D eigenvalue weighted by Gasteiger charge is 2.63.